The molecule has 0 spiro atoms. The lowest BCUT2D eigenvalue weighted by molar-refractivity contribution is 0.410. The van der Waals surface area contributed by atoms with Crippen LogP contribution in [0.3, 0.4) is 0 Å². The largest absolute Gasteiger partial charge is 0.497 e. The van der Waals surface area contributed by atoms with Gasteiger partial charge in [-0.25, -0.2) is 8.78 Å². The van der Waals surface area contributed by atoms with E-state index in [1.807, 2.05) is 19.9 Å². The molecule has 21 heavy (non-hydrogen) atoms. The quantitative estimate of drug-likeness (QED) is 0.899. The van der Waals surface area contributed by atoms with E-state index in [0.717, 1.165) is 5.56 Å². The Labute approximate surface area is 123 Å². The number of ether oxygens (including phenoxy) is 1. The molecule has 0 saturated heterocycles. The zero-order valence-corrected chi connectivity index (χ0v) is 12.4. The van der Waals surface area contributed by atoms with E-state index in [1.165, 1.54) is 25.3 Å². The Morgan fingerprint density at radius 3 is 2.48 bits per heavy atom. The van der Waals surface area contributed by atoms with E-state index >= 15 is 0 Å². The molecule has 0 fully saturated rings. The maximum atomic E-state index is 14.3. The Morgan fingerprint density at radius 1 is 1.14 bits per heavy atom. The molecule has 0 saturated carbocycles. The number of halogens is 2. The summed E-state index contributed by atoms with van der Waals surface area (Å²) in [6.07, 6.45) is 0. The highest BCUT2D eigenvalue weighted by Crippen LogP contribution is 2.28. The maximum Gasteiger partial charge on any atom is 0.132 e. The second kappa shape index (κ2) is 6.68. The van der Waals surface area contributed by atoms with Crippen molar-refractivity contribution in [3.05, 3.63) is 64.7 Å². The Kier molecular flexibility index (Phi) is 4.91. The molecule has 2 nitrogen and oxygen atoms in total. The molecule has 2 rings (SSSR count). The van der Waals surface area contributed by atoms with E-state index in [-0.39, 0.29) is 11.6 Å². The highest BCUT2D eigenvalue weighted by molar-refractivity contribution is 5.38. The lowest BCUT2D eigenvalue weighted by atomic mass is 9.96. The number of hydrogen-bond acceptors (Lipinski definition) is 2. The summed E-state index contributed by atoms with van der Waals surface area (Å²) in [6.45, 7) is 4.40. The first-order chi connectivity index (χ1) is 10.0. The van der Waals surface area contributed by atoms with Crippen molar-refractivity contribution in [1.82, 2.24) is 5.32 Å². The molecular weight excluding hydrogens is 272 g/mol. The third-order valence-corrected chi connectivity index (χ3v) is 3.32. The fraction of sp³-hybridized carbons (Fsp3) is 0.294. The Hall–Kier alpha value is -1.94. The molecule has 112 valence electrons. The molecule has 0 aliphatic rings. The minimum absolute atomic E-state index is 0.318. The van der Waals surface area contributed by atoms with Crippen LogP contribution in [0.2, 0.25) is 0 Å². The molecule has 0 aromatic heterocycles. The summed E-state index contributed by atoms with van der Waals surface area (Å²) in [7, 11) is 1.49. The van der Waals surface area contributed by atoms with Gasteiger partial charge >= 0.3 is 0 Å². The van der Waals surface area contributed by atoms with Crippen molar-refractivity contribution >= 4 is 0 Å². The minimum Gasteiger partial charge on any atom is -0.497 e. The molecule has 0 radical (unpaired) electrons. The van der Waals surface area contributed by atoms with Gasteiger partial charge in [0.2, 0.25) is 0 Å². The summed E-state index contributed by atoms with van der Waals surface area (Å²) in [5.41, 5.74) is 1.99. The molecule has 1 N–H and O–H groups in total. The predicted molar refractivity (Wildman–Crippen MR) is 79.6 cm³/mol. The number of nitrogens with one attached hydrogen (secondary N) is 1. The Morgan fingerprint density at radius 2 is 1.90 bits per heavy atom. The van der Waals surface area contributed by atoms with Crippen LogP contribution in [0.25, 0.3) is 0 Å². The molecule has 4 heteroatoms. The van der Waals surface area contributed by atoms with Crippen molar-refractivity contribution in [1.29, 1.82) is 0 Å². The second-order valence-corrected chi connectivity index (χ2v) is 4.94. The van der Waals surface area contributed by atoms with Gasteiger partial charge in [0.1, 0.15) is 17.4 Å². The van der Waals surface area contributed by atoms with Gasteiger partial charge in [-0.3, -0.25) is 0 Å². The molecule has 0 amide bonds. The average Bonchev–Trinajstić information content (AvgIpc) is 2.44. The second-order valence-electron chi connectivity index (χ2n) is 4.94. The van der Waals surface area contributed by atoms with Crippen molar-refractivity contribution in [2.75, 3.05) is 13.7 Å². The van der Waals surface area contributed by atoms with E-state index in [2.05, 4.69) is 5.32 Å². The zero-order chi connectivity index (χ0) is 15.4. The van der Waals surface area contributed by atoms with Gasteiger partial charge < -0.3 is 10.1 Å². The standard InChI is InChI=1S/C17H19F2NO/c1-4-20-17(12-7-11(2)8-13(18)9-12)15-6-5-14(21-3)10-16(15)19/h5-10,17,20H,4H2,1-3H3. The van der Waals surface area contributed by atoms with Gasteiger partial charge in [0.05, 0.1) is 13.2 Å². The molecule has 0 aliphatic heterocycles. The van der Waals surface area contributed by atoms with Crippen LogP contribution < -0.4 is 10.1 Å². The highest BCUT2D eigenvalue weighted by atomic mass is 19.1. The maximum absolute atomic E-state index is 14.3. The first kappa shape index (κ1) is 15.4. The van der Waals surface area contributed by atoms with Gasteiger partial charge in [0.15, 0.2) is 0 Å². The number of rotatable bonds is 5. The van der Waals surface area contributed by atoms with Gasteiger partial charge in [-0.1, -0.05) is 19.1 Å². The molecule has 1 unspecified atom stereocenters. The summed E-state index contributed by atoms with van der Waals surface area (Å²) in [5, 5.41) is 3.20. The fourth-order valence-corrected chi connectivity index (χ4v) is 2.41. The topological polar surface area (TPSA) is 21.3 Å². The summed E-state index contributed by atoms with van der Waals surface area (Å²) >= 11 is 0. The van der Waals surface area contributed by atoms with E-state index in [4.69, 9.17) is 4.74 Å². The van der Waals surface area contributed by atoms with E-state index in [9.17, 15) is 8.78 Å². The van der Waals surface area contributed by atoms with Gasteiger partial charge in [0.25, 0.3) is 0 Å². The van der Waals surface area contributed by atoms with Crippen molar-refractivity contribution in [3.8, 4) is 5.75 Å². The van der Waals surface area contributed by atoms with Crippen molar-refractivity contribution in [2.45, 2.75) is 19.9 Å². The zero-order valence-electron chi connectivity index (χ0n) is 12.4. The van der Waals surface area contributed by atoms with Crippen molar-refractivity contribution in [2.24, 2.45) is 0 Å². The normalized spacial score (nSPS) is 12.2. The molecule has 0 aliphatic carbocycles. The first-order valence-electron chi connectivity index (χ1n) is 6.89. The SMILES string of the molecule is CCNC(c1cc(C)cc(F)c1)c1ccc(OC)cc1F. The summed E-state index contributed by atoms with van der Waals surface area (Å²) in [6, 6.07) is 9.07. The van der Waals surface area contributed by atoms with Gasteiger partial charge in [-0.15, -0.1) is 0 Å². The van der Waals surface area contributed by atoms with Crippen LogP contribution in [-0.4, -0.2) is 13.7 Å². The first-order valence-corrected chi connectivity index (χ1v) is 6.89. The highest BCUT2D eigenvalue weighted by Gasteiger charge is 2.18. The number of aryl methyl sites for hydroxylation is 1. The van der Waals surface area contributed by atoms with Crippen LogP contribution in [0.5, 0.6) is 5.75 Å². The summed E-state index contributed by atoms with van der Waals surface area (Å²) < 4.78 is 32.9. The monoisotopic (exact) mass is 291 g/mol. The lowest BCUT2D eigenvalue weighted by Gasteiger charge is -2.20. The molecule has 2 aromatic carbocycles. The van der Waals surface area contributed by atoms with Crippen molar-refractivity contribution < 1.29 is 13.5 Å². The van der Waals surface area contributed by atoms with Crippen molar-refractivity contribution in [3.63, 3.8) is 0 Å². The van der Waals surface area contributed by atoms with Crippen LogP contribution in [0.4, 0.5) is 8.78 Å². The van der Waals surface area contributed by atoms with Gasteiger partial charge in [0, 0.05) is 11.6 Å². The Bertz CT molecular complexity index is 608. The summed E-state index contributed by atoms with van der Waals surface area (Å²) in [4.78, 5) is 0. The van der Waals surface area contributed by atoms with Crippen LogP contribution in [0, 0.1) is 18.6 Å². The molecule has 1 atom stereocenters. The molecule has 0 heterocycles. The third-order valence-electron chi connectivity index (χ3n) is 3.32. The smallest absolute Gasteiger partial charge is 0.132 e. The number of hydrogen-bond donors (Lipinski definition) is 1. The van der Waals surface area contributed by atoms with E-state index in [1.54, 1.807) is 12.1 Å². The average molecular weight is 291 g/mol. The van der Waals surface area contributed by atoms with Crippen LogP contribution in [-0.2, 0) is 0 Å². The minimum atomic E-state index is -0.393. The molecule has 0 bridgehead atoms. The fourth-order valence-electron chi connectivity index (χ4n) is 2.41. The summed E-state index contributed by atoms with van der Waals surface area (Å²) in [5.74, 6) is -0.231. The van der Waals surface area contributed by atoms with Crippen LogP contribution in [0.15, 0.2) is 36.4 Å². The molecule has 2 aromatic rings. The van der Waals surface area contributed by atoms with E-state index < -0.39 is 6.04 Å². The Balaban J connectivity index is 2.47. The van der Waals surface area contributed by atoms with Gasteiger partial charge in [-0.05, 0) is 42.8 Å². The van der Waals surface area contributed by atoms with Crippen LogP contribution >= 0.6 is 0 Å². The number of methoxy groups -OCH3 is 1. The predicted octanol–water partition coefficient (Wildman–Crippen LogP) is 3.98. The van der Waals surface area contributed by atoms with E-state index in [0.29, 0.717) is 23.4 Å². The lowest BCUT2D eigenvalue weighted by Crippen LogP contribution is -2.23. The number of benzene rings is 2. The van der Waals surface area contributed by atoms with Gasteiger partial charge in [-0.2, -0.15) is 0 Å². The molecular formula is C17H19F2NO. The third kappa shape index (κ3) is 3.58. The van der Waals surface area contributed by atoms with Crippen LogP contribution in [0.1, 0.15) is 29.7 Å².